The van der Waals surface area contributed by atoms with Gasteiger partial charge < -0.3 is 8.75 Å². The van der Waals surface area contributed by atoms with Gasteiger partial charge in [0.05, 0.1) is 12.0 Å². The molecule has 4 aromatic rings. The van der Waals surface area contributed by atoms with Gasteiger partial charge in [0.2, 0.25) is 11.0 Å². The summed E-state index contributed by atoms with van der Waals surface area (Å²) in [5, 5.41) is 18.1. The van der Waals surface area contributed by atoms with Gasteiger partial charge >= 0.3 is 10.1 Å². The van der Waals surface area contributed by atoms with Crippen molar-refractivity contribution in [2.45, 2.75) is 18.6 Å². The Morgan fingerprint density at radius 1 is 1.11 bits per heavy atom. The number of benzene rings is 2. The lowest BCUT2D eigenvalue weighted by atomic mass is 10.2. The van der Waals surface area contributed by atoms with Crippen molar-refractivity contribution in [1.29, 1.82) is 0 Å². The van der Waals surface area contributed by atoms with Crippen LogP contribution in [0.25, 0.3) is 22.0 Å². The van der Waals surface area contributed by atoms with Crippen LogP contribution in [0, 0.1) is 5.82 Å². The molecule has 0 spiro atoms. The minimum Gasteiger partial charge on any atom is -0.383 e. The van der Waals surface area contributed by atoms with E-state index >= 15 is 0 Å². The number of hydrogen-bond donors (Lipinski definition) is 0. The molecule has 0 saturated heterocycles. The second kappa shape index (κ2) is 11.2. The number of thioether (sulfide) groups is 1. The highest BCUT2D eigenvalue weighted by Crippen LogP contribution is 2.31. The molecule has 0 saturated carbocycles. The third-order valence-corrected chi connectivity index (χ3v) is 7.30. The summed E-state index contributed by atoms with van der Waals surface area (Å²) < 4.78 is 42.5. The quantitative estimate of drug-likeness (QED) is 0.207. The lowest BCUT2D eigenvalue weighted by Gasteiger charge is -2.13. The third-order valence-electron chi connectivity index (χ3n) is 4.88. The van der Waals surface area contributed by atoms with Crippen LogP contribution in [0.15, 0.2) is 66.5 Å². The number of carbonyl (C=O) groups is 1. The van der Waals surface area contributed by atoms with Crippen molar-refractivity contribution >= 4 is 44.3 Å². The first-order valence-electron chi connectivity index (χ1n) is 10.8. The highest BCUT2D eigenvalue weighted by atomic mass is 32.2. The van der Waals surface area contributed by atoms with Crippen LogP contribution in [0.5, 0.6) is 5.75 Å². The number of aromatic nitrogens is 5. The van der Waals surface area contributed by atoms with E-state index in [1.165, 1.54) is 58.5 Å². The SMILES string of the molecule is C=CN(C(=O)CSc1nnc(-c2ccc(F)cc2)n1CC)c1nnc(-c2ccc(OS(C)(=O)=O)cc2)s1. The number of rotatable bonds is 10. The maximum atomic E-state index is 13.3. The Bertz CT molecular complexity index is 1520. The zero-order valence-corrected chi connectivity index (χ0v) is 22.2. The fourth-order valence-electron chi connectivity index (χ4n) is 3.23. The van der Waals surface area contributed by atoms with Gasteiger partial charge in [-0.3, -0.25) is 9.69 Å². The largest absolute Gasteiger partial charge is 0.383 e. The van der Waals surface area contributed by atoms with Gasteiger partial charge in [-0.25, -0.2) is 4.39 Å². The fraction of sp³-hybridized carbons (Fsp3) is 0.174. The average molecular weight is 561 g/mol. The number of carbonyl (C=O) groups excluding carboxylic acids is 1. The minimum absolute atomic E-state index is 0.0417. The number of hydrogen-bond acceptors (Lipinski definition) is 10. The van der Waals surface area contributed by atoms with Crippen molar-refractivity contribution in [3.8, 4) is 27.7 Å². The van der Waals surface area contributed by atoms with Crippen molar-refractivity contribution in [1.82, 2.24) is 25.0 Å². The van der Waals surface area contributed by atoms with Crippen molar-refractivity contribution in [3.63, 3.8) is 0 Å². The molecular weight excluding hydrogens is 539 g/mol. The fourth-order valence-corrected chi connectivity index (χ4v) is 5.42. The summed E-state index contributed by atoms with van der Waals surface area (Å²) in [6.45, 7) is 6.22. The maximum absolute atomic E-state index is 13.3. The number of nitrogens with zero attached hydrogens (tertiary/aromatic N) is 6. The van der Waals surface area contributed by atoms with E-state index in [2.05, 4.69) is 27.0 Å². The molecule has 0 atom stereocenters. The van der Waals surface area contributed by atoms with E-state index in [9.17, 15) is 17.6 Å². The summed E-state index contributed by atoms with van der Waals surface area (Å²) in [5.41, 5.74) is 1.40. The first-order valence-corrected chi connectivity index (χ1v) is 14.4. The molecule has 0 radical (unpaired) electrons. The molecule has 2 aromatic carbocycles. The zero-order valence-electron chi connectivity index (χ0n) is 19.7. The van der Waals surface area contributed by atoms with Gasteiger partial charge in [-0.05, 0) is 55.5 Å². The second-order valence-corrected chi connectivity index (χ2v) is 11.0. The summed E-state index contributed by atoms with van der Waals surface area (Å²) >= 11 is 2.39. The van der Waals surface area contributed by atoms with Crippen LogP contribution in [0.1, 0.15) is 6.92 Å². The average Bonchev–Trinajstić information content (AvgIpc) is 3.50. The molecular formula is C23H21FN6O4S3. The number of amides is 1. The second-order valence-electron chi connectivity index (χ2n) is 7.49. The number of halogens is 1. The standard InChI is InChI=1S/C23H21FN6O4S3/c1-4-29(23-28-26-21(36-23)16-8-12-18(13-9-16)34-37(3,32)33)19(31)14-35-22-27-25-20(30(22)5-2)15-6-10-17(24)11-7-15/h4,6-13H,1,5,14H2,2-3H3. The van der Waals surface area contributed by atoms with Crippen molar-refractivity contribution in [2.24, 2.45) is 0 Å². The Morgan fingerprint density at radius 3 is 2.41 bits per heavy atom. The lowest BCUT2D eigenvalue weighted by Crippen LogP contribution is -2.26. The first kappa shape index (κ1) is 26.4. The normalized spacial score (nSPS) is 11.3. The molecule has 2 heterocycles. The molecule has 0 aliphatic carbocycles. The van der Waals surface area contributed by atoms with Crippen molar-refractivity contribution in [3.05, 3.63) is 67.1 Å². The summed E-state index contributed by atoms with van der Waals surface area (Å²) in [6, 6.07) is 12.3. The van der Waals surface area contributed by atoms with Gasteiger partial charge in [0.15, 0.2) is 11.0 Å². The Hall–Kier alpha value is -3.62. The van der Waals surface area contributed by atoms with Crippen LogP contribution in [0.4, 0.5) is 9.52 Å². The van der Waals surface area contributed by atoms with Gasteiger partial charge in [0, 0.05) is 23.9 Å². The van der Waals surface area contributed by atoms with E-state index in [0.29, 0.717) is 33.2 Å². The smallest absolute Gasteiger partial charge is 0.306 e. The molecule has 192 valence electrons. The topological polar surface area (TPSA) is 120 Å². The Kier molecular flexibility index (Phi) is 8.00. The van der Waals surface area contributed by atoms with E-state index < -0.39 is 10.1 Å². The van der Waals surface area contributed by atoms with E-state index in [0.717, 1.165) is 11.8 Å². The predicted molar refractivity (Wildman–Crippen MR) is 140 cm³/mol. The predicted octanol–water partition coefficient (Wildman–Crippen LogP) is 4.23. The molecule has 0 aliphatic rings. The summed E-state index contributed by atoms with van der Waals surface area (Å²) in [7, 11) is -3.63. The zero-order chi connectivity index (χ0) is 26.6. The Morgan fingerprint density at radius 2 is 1.78 bits per heavy atom. The maximum Gasteiger partial charge on any atom is 0.306 e. The van der Waals surface area contributed by atoms with E-state index in [-0.39, 0.29) is 23.2 Å². The van der Waals surface area contributed by atoms with Gasteiger partial charge in [-0.2, -0.15) is 8.42 Å². The molecule has 0 aliphatic heterocycles. The minimum atomic E-state index is -3.63. The highest BCUT2D eigenvalue weighted by molar-refractivity contribution is 7.99. The molecule has 0 N–H and O–H groups in total. The van der Waals surface area contributed by atoms with Gasteiger partial charge in [-0.1, -0.05) is 29.7 Å². The monoisotopic (exact) mass is 560 g/mol. The molecule has 1 amide bonds. The summed E-state index contributed by atoms with van der Waals surface area (Å²) in [4.78, 5) is 14.3. The molecule has 2 aromatic heterocycles. The van der Waals surface area contributed by atoms with Gasteiger partial charge in [0.1, 0.15) is 16.6 Å². The van der Waals surface area contributed by atoms with E-state index in [1.807, 2.05) is 11.5 Å². The van der Waals surface area contributed by atoms with Crippen LogP contribution >= 0.6 is 23.1 Å². The summed E-state index contributed by atoms with van der Waals surface area (Å²) in [6.07, 6.45) is 2.33. The molecule has 0 bridgehead atoms. The van der Waals surface area contributed by atoms with Crippen molar-refractivity contribution in [2.75, 3.05) is 16.9 Å². The molecule has 37 heavy (non-hydrogen) atoms. The molecule has 4 rings (SSSR count). The molecule has 0 unspecified atom stereocenters. The van der Waals surface area contributed by atoms with Gasteiger partial charge in [0.25, 0.3) is 0 Å². The van der Waals surface area contributed by atoms with E-state index in [1.54, 1.807) is 24.3 Å². The number of anilines is 1. The van der Waals surface area contributed by atoms with Crippen LogP contribution in [-0.4, -0.2) is 51.3 Å². The summed E-state index contributed by atoms with van der Waals surface area (Å²) in [5.74, 6) is 0.181. The van der Waals surface area contributed by atoms with Crippen LogP contribution < -0.4 is 9.08 Å². The third kappa shape index (κ3) is 6.39. The van der Waals surface area contributed by atoms with Crippen molar-refractivity contribution < 1.29 is 21.8 Å². The van der Waals surface area contributed by atoms with E-state index in [4.69, 9.17) is 4.18 Å². The Balaban J connectivity index is 1.45. The Labute approximate surface area is 221 Å². The van der Waals surface area contributed by atoms with Crippen LogP contribution in [0.2, 0.25) is 0 Å². The molecule has 0 fully saturated rings. The molecule has 10 nitrogen and oxygen atoms in total. The molecule has 14 heteroatoms. The first-order chi connectivity index (χ1) is 17.7. The van der Waals surface area contributed by atoms with Gasteiger partial charge in [-0.15, -0.1) is 20.4 Å². The van der Waals surface area contributed by atoms with Crippen LogP contribution in [-0.2, 0) is 21.5 Å². The van der Waals surface area contributed by atoms with Crippen LogP contribution in [0.3, 0.4) is 0 Å². The highest BCUT2D eigenvalue weighted by Gasteiger charge is 2.21. The lowest BCUT2D eigenvalue weighted by molar-refractivity contribution is -0.115.